The van der Waals surface area contributed by atoms with Gasteiger partial charge in [0.2, 0.25) is 5.91 Å². The molecule has 1 atom stereocenters. The summed E-state index contributed by atoms with van der Waals surface area (Å²) >= 11 is 0. The molecule has 0 aliphatic carbocycles. The van der Waals surface area contributed by atoms with E-state index in [0.717, 1.165) is 16.2 Å². The monoisotopic (exact) mass is 372 g/mol. The van der Waals surface area contributed by atoms with Gasteiger partial charge in [0.05, 0.1) is 24.7 Å². The largest absolute Gasteiger partial charge is 0.350 e. The van der Waals surface area contributed by atoms with Crippen LogP contribution in [0.2, 0.25) is 0 Å². The molecule has 1 saturated heterocycles. The molecule has 1 N–H and O–H groups in total. The first-order valence-corrected chi connectivity index (χ1v) is 8.37. The lowest BCUT2D eigenvalue weighted by atomic mass is 10.1. The van der Waals surface area contributed by atoms with Crippen LogP contribution in [0, 0.1) is 11.3 Å². The molecule has 1 fully saturated rings. The Morgan fingerprint density at radius 3 is 2.70 bits per heavy atom. The van der Waals surface area contributed by atoms with Crippen molar-refractivity contribution in [2.75, 3.05) is 13.1 Å². The van der Waals surface area contributed by atoms with Gasteiger partial charge in [-0.2, -0.15) is 5.26 Å². The molecule has 2 aromatic rings. The summed E-state index contributed by atoms with van der Waals surface area (Å²) in [4.78, 5) is 25.3. The molecule has 2 amide bonds. The van der Waals surface area contributed by atoms with E-state index in [2.05, 4.69) is 5.32 Å². The van der Waals surface area contributed by atoms with Gasteiger partial charge < -0.3 is 14.8 Å². The Kier molecular flexibility index (Phi) is 4.95. The van der Waals surface area contributed by atoms with Crippen molar-refractivity contribution >= 4 is 11.8 Å². The molecule has 3 rings (SSSR count). The third-order valence-corrected chi connectivity index (χ3v) is 4.48. The van der Waals surface area contributed by atoms with Crippen molar-refractivity contribution in [3.63, 3.8) is 0 Å². The van der Waals surface area contributed by atoms with E-state index in [0.29, 0.717) is 5.56 Å². The van der Waals surface area contributed by atoms with Gasteiger partial charge in [-0.1, -0.05) is 30.3 Å². The topological polar surface area (TPSA) is 78.1 Å². The van der Waals surface area contributed by atoms with Crippen molar-refractivity contribution in [2.24, 2.45) is 7.05 Å². The average Bonchev–Trinajstić information content (AvgIpc) is 3.19. The minimum atomic E-state index is -3.08. The summed E-state index contributed by atoms with van der Waals surface area (Å²) in [6.45, 7) is -1.24. The number of nitriles is 1. The molecule has 1 aliphatic heterocycles. The van der Waals surface area contributed by atoms with Crippen LogP contribution in [0.3, 0.4) is 0 Å². The number of carbonyl (C=O) groups excluding carboxylic acids is 2. The van der Waals surface area contributed by atoms with Crippen LogP contribution in [0.4, 0.5) is 8.78 Å². The summed E-state index contributed by atoms with van der Waals surface area (Å²) in [6.07, 6.45) is 0.951. The van der Waals surface area contributed by atoms with Gasteiger partial charge in [0.15, 0.2) is 0 Å². The maximum Gasteiger partial charge on any atom is 0.268 e. The van der Waals surface area contributed by atoms with Crippen LogP contribution in [0.1, 0.15) is 16.8 Å². The molecule has 1 aliphatic rings. The van der Waals surface area contributed by atoms with Gasteiger partial charge in [-0.25, -0.2) is 8.78 Å². The smallest absolute Gasteiger partial charge is 0.268 e. The first kappa shape index (κ1) is 18.6. The molecule has 0 spiro atoms. The highest BCUT2D eigenvalue weighted by Gasteiger charge is 2.47. The number of halogens is 2. The van der Waals surface area contributed by atoms with Crippen LogP contribution in [0.5, 0.6) is 0 Å². The van der Waals surface area contributed by atoms with E-state index < -0.39 is 43.3 Å². The number of hydrogen-bond acceptors (Lipinski definition) is 3. The molecular formula is C19H18F2N4O2. The van der Waals surface area contributed by atoms with Gasteiger partial charge in [-0.3, -0.25) is 9.59 Å². The predicted molar refractivity (Wildman–Crippen MR) is 93.9 cm³/mol. The number of hydrogen-bond donors (Lipinski definition) is 1. The second kappa shape index (κ2) is 7.19. The number of benzene rings is 1. The van der Waals surface area contributed by atoms with Crippen LogP contribution in [0.25, 0.3) is 11.3 Å². The number of alkyl halides is 2. The Morgan fingerprint density at radius 2 is 2.04 bits per heavy atom. The van der Waals surface area contributed by atoms with Crippen molar-refractivity contribution in [3.05, 3.63) is 48.2 Å². The highest BCUT2D eigenvalue weighted by Crippen LogP contribution is 2.31. The molecular weight excluding hydrogens is 354 g/mol. The molecule has 140 valence electrons. The van der Waals surface area contributed by atoms with E-state index in [-0.39, 0.29) is 0 Å². The quantitative estimate of drug-likeness (QED) is 0.894. The summed E-state index contributed by atoms with van der Waals surface area (Å²) in [7, 11) is 1.80. The van der Waals surface area contributed by atoms with Crippen LogP contribution in [-0.4, -0.2) is 46.3 Å². The molecule has 1 aromatic heterocycles. The van der Waals surface area contributed by atoms with E-state index in [1.807, 2.05) is 30.3 Å². The lowest BCUT2D eigenvalue weighted by Gasteiger charge is -2.19. The summed E-state index contributed by atoms with van der Waals surface area (Å²) < 4.78 is 28.6. The minimum Gasteiger partial charge on any atom is -0.350 e. The van der Waals surface area contributed by atoms with Crippen molar-refractivity contribution in [3.8, 4) is 17.3 Å². The second-order valence-corrected chi connectivity index (χ2v) is 6.50. The summed E-state index contributed by atoms with van der Waals surface area (Å²) in [5, 5.41) is 11.4. The number of rotatable bonds is 4. The molecule has 1 aromatic carbocycles. The SMILES string of the molecule is Cn1cc(C(=O)NCC(=O)N2CC(F)(F)CC2C#N)cc1-c1ccccc1. The highest BCUT2D eigenvalue weighted by atomic mass is 19.3. The number of carbonyl (C=O) groups is 2. The number of nitrogens with one attached hydrogen (secondary N) is 1. The number of aromatic nitrogens is 1. The minimum absolute atomic E-state index is 0.354. The Morgan fingerprint density at radius 1 is 1.33 bits per heavy atom. The number of likely N-dealkylation sites (tertiary alicyclic amines) is 1. The Bertz CT molecular complexity index is 902. The molecule has 2 heterocycles. The zero-order valence-electron chi connectivity index (χ0n) is 14.7. The van der Waals surface area contributed by atoms with Crippen LogP contribution < -0.4 is 5.32 Å². The fourth-order valence-electron chi connectivity index (χ4n) is 3.14. The summed E-state index contributed by atoms with van der Waals surface area (Å²) in [5.74, 6) is -4.27. The molecule has 0 saturated carbocycles. The number of amides is 2. The van der Waals surface area contributed by atoms with Gasteiger partial charge in [-0.05, 0) is 11.6 Å². The first-order valence-electron chi connectivity index (χ1n) is 8.37. The fraction of sp³-hybridized carbons (Fsp3) is 0.316. The van der Waals surface area contributed by atoms with Crippen molar-refractivity contribution < 1.29 is 18.4 Å². The Labute approximate surface area is 155 Å². The van der Waals surface area contributed by atoms with Gasteiger partial charge in [0, 0.05) is 25.4 Å². The standard InChI is InChI=1S/C19H18F2N4O2/c1-24-11-14(7-16(24)13-5-3-2-4-6-13)18(27)23-10-17(26)25-12-19(20,21)8-15(25)9-22/h2-7,11,15H,8,10,12H2,1H3,(H,23,27). The zero-order chi connectivity index (χ0) is 19.6. The van der Waals surface area contributed by atoms with Gasteiger partial charge in [0.1, 0.15) is 6.04 Å². The van der Waals surface area contributed by atoms with Crippen LogP contribution in [-0.2, 0) is 11.8 Å². The molecule has 1 unspecified atom stereocenters. The van der Waals surface area contributed by atoms with Gasteiger partial charge >= 0.3 is 0 Å². The molecule has 0 radical (unpaired) electrons. The van der Waals surface area contributed by atoms with E-state index in [4.69, 9.17) is 5.26 Å². The van der Waals surface area contributed by atoms with E-state index in [9.17, 15) is 18.4 Å². The fourth-order valence-corrected chi connectivity index (χ4v) is 3.14. The maximum atomic E-state index is 13.4. The third kappa shape index (κ3) is 3.97. The molecule has 8 heteroatoms. The third-order valence-electron chi connectivity index (χ3n) is 4.48. The highest BCUT2D eigenvalue weighted by molar-refractivity contribution is 5.97. The zero-order valence-corrected chi connectivity index (χ0v) is 14.7. The van der Waals surface area contributed by atoms with Gasteiger partial charge in [0.25, 0.3) is 11.8 Å². The lowest BCUT2D eigenvalue weighted by molar-refractivity contribution is -0.131. The van der Waals surface area contributed by atoms with E-state index in [1.54, 1.807) is 29.9 Å². The first-order chi connectivity index (χ1) is 12.8. The van der Waals surface area contributed by atoms with E-state index in [1.165, 1.54) is 0 Å². The maximum absolute atomic E-state index is 13.4. The Balaban J connectivity index is 1.65. The number of aryl methyl sites for hydroxylation is 1. The van der Waals surface area contributed by atoms with Crippen molar-refractivity contribution in [1.82, 2.24) is 14.8 Å². The Hall–Kier alpha value is -3.21. The van der Waals surface area contributed by atoms with Crippen LogP contribution in [0.15, 0.2) is 42.6 Å². The number of nitrogens with zero attached hydrogens (tertiary/aromatic N) is 3. The molecule has 0 bridgehead atoms. The molecule has 6 nitrogen and oxygen atoms in total. The molecule has 27 heavy (non-hydrogen) atoms. The van der Waals surface area contributed by atoms with Crippen molar-refractivity contribution in [1.29, 1.82) is 5.26 Å². The average molecular weight is 372 g/mol. The lowest BCUT2D eigenvalue weighted by Crippen LogP contribution is -2.42. The van der Waals surface area contributed by atoms with Crippen LogP contribution >= 0.6 is 0 Å². The normalized spacial score (nSPS) is 18.1. The predicted octanol–water partition coefficient (Wildman–Crippen LogP) is 2.18. The van der Waals surface area contributed by atoms with E-state index >= 15 is 0 Å². The van der Waals surface area contributed by atoms with Gasteiger partial charge in [-0.15, -0.1) is 0 Å². The van der Waals surface area contributed by atoms with Crippen molar-refractivity contribution in [2.45, 2.75) is 18.4 Å². The summed E-state index contributed by atoms with van der Waals surface area (Å²) in [5.41, 5.74) is 2.12. The second-order valence-electron chi connectivity index (χ2n) is 6.50. The summed E-state index contributed by atoms with van der Waals surface area (Å²) in [6, 6.07) is 11.7.